The molecular weight excluding hydrogens is 268 g/mol. The number of hydrogen-bond acceptors (Lipinski definition) is 4. The van der Waals surface area contributed by atoms with Crippen LogP contribution in [0, 0.1) is 0 Å². The van der Waals surface area contributed by atoms with Gasteiger partial charge in [-0.2, -0.15) is 0 Å². The molecule has 100 valence electrons. The molecule has 0 amide bonds. The van der Waals surface area contributed by atoms with Gasteiger partial charge in [0, 0.05) is 5.57 Å². The van der Waals surface area contributed by atoms with E-state index in [0.717, 1.165) is 5.56 Å². The number of aldehydes is 1. The van der Waals surface area contributed by atoms with Gasteiger partial charge in [0.15, 0.2) is 0 Å². The molecule has 0 heterocycles. The van der Waals surface area contributed by atoms with Crippen molar-refractivity contribution in [1.82, 2.24) is 0 Å². The Morgan fingerprint density at radius 3 is 2.53 bits per heavy atom. The Hall–Kier alpha value is -1.62. The second-order valence-corrected chi connectivity index (χ2v) is 4.72. The smallest absolute Gasteiger partial charge is 0.226 e. The van der Waals surface area contributed by atoms with Gasteiger partial charge in [0.25, 0.3) is 0 Å². The SMILES string of the molecule is COC1=CC(c2ccccc2)=C(C=O)C(O)C1(O)Cl. The number of aliphatic hydroxyl groups is 2. The van der Waals surface area contributed by atoms with Crippen LogP contribution in [0.2, 0.25) is 0 Å². The largest absolute Gasteiger partial charge is 0.497 e. The van der Waals surface area contributed by atoms with Gasteiger partial charge in [-0.3, -0.25) is 4.79 Å². The van der Waals surface area contributed by atoms with E-state index in [1.165, 1.54) is 13.2 Å². The van der Waals surface area contributed by atoms with Crippen LogP contribution in [0.5, 0.6) is 0 Å². The van der Waals surface area contributed by atoms with Crippen molar-refractivity contribution in [1.29, 1.82) is 0 Å². The second-order valence-electron chi connectivity index (χ2n) is 4.14. The van der Waals surface area contributed by atoms with Gasteiger partial charge in [0.1, 0.15) is 18.1 Å². The molecule has 0 aliphatic heterocycles. The van der Waals surface area contributed by atoms with Crippen LogP contribution in [-0.4, -0.2) is 34.8 Å². The van der Waals surface area contributed by atoms with E-state index in [9.17, 15) is 15.0 Å². The third-order valence-electron chi connectivity index (χ3n) is 3.02. The van der Waals surface area contributed by atoms with Crippen molar-refractivity contribution in [3.05, 3.63) is 53.3 Å². The van der Waals surface area contributed by atoms with Gasteiger partial charge in [-0.1, -0.05) is 41.9 Å². The molecular formula is C14H13ClO4. The highest BCUT2D eigenvalue weighted by Gasteiger charge is 2.45. The molecule has 19 heavy (non-hydrogen) atoms. The minimum absolute atomic E-state index is 0.00822. The number of methoxy groups -OCH3 is 1. The maximum atomic E-state index is 11.2. The zero-order valence-corrected chi connectivity index (χ0v) is 11.0. The summed E-state index contributed by atoms with van der Waals surface area (Å²) in [6.07, 6.45) is 0.393. The first-order chi connectivity index (χ1) is 9.02. The normalized spacial score (nSPS) is 26.9. The maximum absolute atomic E-state index is 11.2. The van der Waals surface area contributed by atoms with Crippen LogP contribution >= 0.6 is 11.6 Å². The number of allylic oxidation sites excluding steroid dienone is 2. The van der Waals surface area contributed by atoms with Crippen LogP contribution in [0.4, 0.5) is 0 Å². The average molecular weight is 281 g/mol. The topological polar surface area (TPSA) is 66.8 Å². The predicted molar refractivity (Wildman–Crippen MR) is 71.3 cm³/mol. The van der Waals surface area contributed by atoms with Gasteiger partial charge >= 0.3 is 0 Å². The van der Waals surface area contributed by atoms with E-state index in [4.69, 9.17) is 16.3 Å². The molecule has 0 saturated carbocycles. The molecule has 0 bridgehead atoms. The van der Waals surface area contributed by atoms with Crippen molar-refractivity contribution in [2.45, 2.75) is 11.2 Å². The van der Waals surface area contributed by atoms with Crippen LogP contribution < -0.4 is 0 Å². The first-order valence-electron chi connectivity index (χ1n) is 5.62. The number of carbonyl (C=O) groups is 1. The van der Waals surface area contributed by atoms with E-state index in [1.807, 2.05) is 6.07 Å². The van der Waals surface area contributed by atoms with Crippen molar-refractivity contribution in [2.24, 2.45) is 0 Å². The Balaban J connectivity index is 2.63. The minimum atomic E-state index is -2.14. The number of rotatable bonds is 3. The second kappa shape index (κ2) is 5.17. The van der Waals surface area contributed by atoms with Crippen molar-refractivity contribution < 1.29 is 19.7 Å². The molecule has 5 heteroatoms. The summed E-state index contributed by atoms with van der Waals surface area (Å²) in [4.78, 5) is 11.2. The zero-order valence-electron chi connectivity index (χ0n) is 10.2. The minimum Gasteiger partial charge on any atom is -0.497 e. The molecule has 1 aromatic rings. The molecule has 0 radical (unpaired) electrons. The van der Waals surface area contributed by atoms with Crippen LogP contribution in [0.1, 0.15) is 5.56 Å². The highest BCUT2D eigenvalue weighted by molar-refractivity contribution is 6.26. The Morgan fingerprint density at radius 2 is 2.00 bits per heavy atom. The van der Waals surface area contributed by atoms with E-state index in [-0.39, 0.29) is 11.3 Å². The van der Waals surface area contributed by atoms with E-state index in [0.29, 0.717) is 11.9 Å². The van der Waals surface area contributed by atoms with Crippen molar-refractivity contribution in [3.63, 3.8) is 0 Å². The Bertz CT molecular complexity index is 546. The fourth-order valence-electron chi connectivity index (χ4n) is 2.00. The van der Waals surface area contributed by atoms with Gasteiger partial charge in [0.05, 0.1) is 7.11 Å². The molecule has 1 aliphatic rings. The van der Waals surface area contributed by atoms with Crippen molar-refractivity contribution in [2.75, 3.05) is 7.11 Å². The summed E-state index contributed by atoms with van der Waals surface area (Å²) in [5, 5.41) is 17.9. The quantitative estimate of drug-likeness (QED) is 0.650. The fraction of sp³-hybridized carbons (Fsp3) is 0.214. The molecule has 2 rings (SSSR count). The number of hydrogen-bond donors (Lipinski definition) is 2. The summed E-state index contributed by atoms with van der Waals surface area (Å²) in [5.74, 6) is -0.00822. The first-order valence-corrected chi connectivity index (χ1v) is 6.00. The monoisotopic (exact) mass is 280 g/mol. The number of alkyl halides is 1. The first kappa shape index (κ1) is 13.8. The number of ether oxygens (including phenoxy) is 1. The molecule has 0 fully saturated rings. The summed E-state index contributed by atoms with van der Waals surface area (Å²) in [7, 11) is 1.33. The lowest BCUT2D eigenvalue weighted by atomic mass is 9.88. The lowest BCUT2D eigenvalue weighted by Gasteiger charge is -2.32. The predicted octanol–water partition coefficient (Wildman–Crippen LogP) is 1.47. The molecule has 1 aromatic carbocycles. The third kappa shape index (κ3) is 2.30. The highest BCUT2D eigenvalue weighted by Crippen LogP contribution is 2.39. The molecule has 1 aliphatic carbocycles. The number of carbonyl (C=O) groups excluding carboxylic acids is 1. The number of benzene rings is 1. The van der Waals surface area contributed by atoms with Crippen LogP contribution in [0.3, 0.4) is 0 Å². The van der Waals surface area contributed by atoms with E-state index < -0.39 is 11.2 Å². The van der Waals surface area contributed by atoms with Crippen LogP contribution in [-0.2, 0) is 9.53 Å². The fourth-order valence-corrected chi connectivity index (χ4v) is 2.25. The Labute approximate surface area is 115 Å². The molecule has 0 spiro atoms. The highest BCUT2D eigenvalue weighted by atomic mass is 35.5. The van der Waals surface area contributed by atoms with E-state index in [1.54, 1.807) is 24.3 Å². The molecule has 4 nitrogen and oxygen atoms in total. The van der Waals surface area contributed by atoms with Gasteiger partial charge in [0.2, 0.25) is 5.06 Å². The molecule has 2 unspecified atom stereocenters. The zero-order chi connectivity index (χ0) is 14.0. The van der Waals surface area contributed by atoms with Crippen molar-refractivity contribution >= 4 is 23.5 Å². The van der Waals surface area contributed by atoms with Gasteiger partial charge in [-0.25, -0.2) is 0 Å². The summed E-state index contributed by atoms with van der Waals surface area (Å²) >= 11 is 5.83. The van der Waals surface area contributed by atoms with E-state index >= 15 is 0 Å². The lowest BCUT2D eigenvalue weighted by molar-refractivity contribution is -0.107. The Morgan fingerprint density at radius 1 is 1.37 bits per heavy atom. The van der Waals surface area contributed by atoms with Crippen molar-refractivity contribution in [3.8, 4) is 0 Å². The maximum Gasteiger partial charge on any atom is 0.226 e. The van der Waals surface area contributed by atoms with Crippen LogP contribution in [0.25, 0.3) is 5.57 Å². The summed E-state index contributed by atoms with van der Waals surface area (Å²) in [6, 6.07) is 9.02. The average Bonchev–Trinajstić information content (AvgIpc) is 2.42. The lowest BCUT2D eigenvalue weighted by Crippen LogP contribution is -2.43. The standard InChI is InChI=1S/C14H13ClO4/c1-19-12-7-10(9-5-3-2-4-6-9)11(8-16)13(17)14(12,15)18/h2-8,13,17-18H,1H3. The Kier molecular flexibility index (Phi) is 3.75. The molecule has 2 N–H and O–H groups in total. The molecule has 0 aromatic heterocycles. The summed E-state index contributed by atoms with van der Waals surface area (Å²) < 4.78 is 4.99. The summed E-state index contributed by atoms with van der Waals surface area (Å²) in [6.45, 7) is 0. The van der Waals surface area contributed by atoms with Gasteiger partial charge < -0.3 is 14.9 Å². The van der Waals surface area contributed by atoms with Gasteiger partial charge in [-0.15, -0.1) is 0 Å². The van der Waals surface area contributed by atoms with Crippen LogP contribution in [0.15, 0.2) is 47.7 Å². The van der Waals surface area contributed by atoms with Gasteiger partial charge in [-0.05, 0) is 17.2 Å². The third-order valence-corrected chi connectivity index (χ3v) is 3.41. The van der Waals surface area contributed by atoms with E-state index in [2.05, 4.69) is 0 Å². The molecule has 0 saturated heterocycles. The summed E-state index contributed by atoms with van der Waals surface area (Å²) in [5.41, 5.74) is 1.22. The number of aliphatic hydroxyl groups excluding tert-OH is 1. The molecule has 2 atom stereocenters. The number of halogens is 1.